The maximum absolute atomic E-state index is 12.9. The molecule has 7 heteroatoms. The Bertz CT molecular complexity index is 1310. The Morgan fingerprint density at radius 1 is 1.10 bits per heavy atom. The fraction of sp³-hybridized carbons (Fsp3) is 0.0435. The van der Waals surface area contributed by atoms with E-state index >= 15 is 0 Å². The van der Waals surface area contributed by atoms with Crippen LogP contribution < -0.4 is 10.1 Å². The van der Waals surface area contributed by atoms with E-state index in [2.05, 4.69) is 15.3 Å². The van der Waals surface area contributed by atoms with Crippen LogP contribution in [0.3, 0.4) is 0 Å². The van der Waals surface area contributed by atoms with Crippen LogP contribution in [0.25, 0.3) is 10.9 Å². The molecule has 0 unspecified atom stereocenters. The van der Waals surface area contributed by atoms with Gasteiger partial charge in [-0.1, -0.05) is 17.7 Å². The van der Waals surface area contributed by atoms with E-state index in [0.29, 0.717) is 33.1 Å². The third-order valence-corrected chi connectivity index (χ3v) is 4.68. The first-order valence-corrected chi connectivity index (χ1v) is 9.42. The molecule has 0 spiro atoms. The Labute approximate surface area is 177 Å². The molecule has 6 nitrogen and oxygen atoms in total. The van der Waals surface area contributed by atoms with Gasteiger partial charge in [-0.25, -0.2) is 4.98 Å². The molecule has 2 aromatic heterocycles. The molecule has 2 aromatic carbocycles. The predicted molar refractivity (Wildman–Crippen MR) is 115 cm³/mol. The molecule has 0 aliphatic rings. The number of nitrogens with one attached hydrogen (secondary N) is 1. The molecule has 0 aliphatic carbocycles. The van der Waals surface area contributed by atoms with Gasteiger partial charge < -0.3 is 10.1 Å². The van der Waals surface area contributed by atoms with Gasteiger partial charge in [0.05, 0.1) is 11.1 Å². The van der Waals surface area contributed by atoms with E-state index in [1.54, 1.807) is 60.9 Å². The number of ether oxygens (including phenoxy) is 1. The van der Waals surface area contributed by atoms with Crippen molar-refractivity contribution in [1.82, 2.24) is 9.97 Å². The number of benzene rings is 2. The van der Waals surface area contributed by atoms with Crippen LogP contribution in [0.5, 0.6) is 11.6 Å². The zero-order valence-corrected chi connectivity index (χ0v) is 16.6. The number of aromatic nitrogens is 2. The van der Waals surface area contributed by atoms with Gasteiger partial charge in [-0.3, -0.25) is 9.78 Å². The number of carbonyl (C=O) groups is 1. The zero-order chi connectivity index (χ0) is 21.1. The summed E-state index contributed by atoms with van der Waals surface area (Å²) in [7, 11) is 0. The van der Waals surface area contributed by atoms with Gasteiger partial charge in [-0.05, 0) is 61.0 Å². The average Bonchev–Trinajstić information content (AvgIpc) is 2.75. The fourth-order valence-electron chi connectivity index (χ4n) is 3.03. The Balaban J connectivity index is 1.59. The summed E-state index contributed by atoms with van der Waals surface area (Å²) in [5, 5.41) is 13.3. The number of aryl methyl sites for hydroxylation is 1. The number of hydrogen-bond donors (Lipinski definition) is 1. The van der Waals surface area contributed by atoms with Crippen molar-refractivity contribution in [3.63, 3.8) is 0 Å². The number of hydrogen-bond acceptors (Lipinski definition) is 5. The second kappa shape index (κ2) is 8.19. The van der Waals surface area contributed by atoms with Crippen LogP contribution in [-0.2, 0) is 0 Å². The van der Waals surface area contributed by atoms with Crippen LogP contribution in [0.1, 0.15) is 21.5 Å². The van der Waals surface area contributed by atoms with Gasteiger partial charge in [0.1, 0.15) is 17.4 Å². The van der Waals surface area contributed by atoms with Gasteiger partial charge in [0.2, 0.25) is 5.88 Å². The molecule has 0 saturated carbocycles. The molecule has 2 heterocycles. The number of pyridine rings is 2. The molecule has 4 aromatic rings. The molecule has 1 N–H and O–H groups in total. The molecule has 30 heavy (non-hydrogen) atoms. The Morgan fingerprint density at radius 2 is 1.90 bits per heavy atom. The molecule has 0 radical (unpaired) electrons. The molecule has 0 saturated heterocycles. The lowest BCUT2D eigenvalue weighted by atomic mass is 10.1. The highest BCUT2D eigenvalue weighted by atomic mass is 35.5. The third kappa shape index (κ3) is 3.93. The lowest BCUT2D eigenvalue weighted by Crippen LogP contribution is -2.13. The minimum atomic E-state index is -0.311. The first-order valence-electron chi connectivity index (χ1n) is 9.04. The molecular weight excluding hydrogens is 400 g/mol. The second-order valence-electron chi connectivity index (χ2n) is 6.53. The van der Waals surface area contributed by atoms with E-state index in [0.717, 1.165) is 10.9 Å². The first kappa shape index (κ1) is 19.4. The summed E-state index contributed by atoms with van der Waals surface area (Å²) < 4.78 is 5.73. The van der Waals surface area contributed by atoms with E-state index in [-0.39, 0.29) is 11.8 Å². The number of halogens is 1. The van der Waals surface area contributed by atoms with Gasteiger partial charge in [-0.2, -0.15) is 5.26 Å². The topological polar surface area (TPSA) is 87.9 Å². The monoisotopic (exact) mass is 414 g/mol. The van der Waals surface area contributed by atoms with E-state index in [9.17, 15) is 4.79 Å². The number of nitriles is 1. The van der Waals surface area contributed by atoms with Crippen LogP contribution >= 0.6 is 11.6 Å². The Hall–Kier alpha value is -3.95. The number of nitrogens with zero attached hydrogens (tertiary/aromatic N) is 3. The maximum atomic E-state index is 12.9. The van der Waals surface area contributed by atoms with Crippen LogP contribution in [0.15, 0.2) is 67.0 Å². The standard InChI is InChI=1S/C23H15ClN4O2/c1-14-10-18(30-23-16(13-25)5-3-9-27-23)6-7-20(14)28-22(29)19-12-17(24)11-15-4-2-8-26-21(15)19/h2-12H,1H3,(H,28,29). The summed E-state index contributed by atoms with van der Waals surface area (Å²) in [6.45, 7) is 1.85. The number of anilines is 1. The Kier molecular flexibility index (Phi) is 5.29. The van der Waals surface area contributed by atoms with Crippen molar-refractivity contribution in [2.75, 3.05) is 5.32 Å². The second-order valence-corrected chi connectivity index (χ2v) is 6.97. The molecule has 0 bridgehead atoms. The minimum absolute atomic E-state index is 0.229. The van der Waals surface area contributed by atoms with Crippen molar-refractivity contribution in [3.8, 4) is 17.7 Å². The van der Waals surface area contributed by atoms with E-state index < -0.39 is 0 Å². The number of rotatable bonds is 4. The van der Waals surface area contributed by atoms with Crippen molar-refractivity contribution >= 4 is 34.1 Å². The summed E-state index contributed by atoms with van der Waals surface area (Å²) in [5.41, 5.74) is 2.72. The van der Waals surface area contributed by atoms with Gasteiger partial charge in [0, 0.05) is 28.5 Å². The molecular formula is C23H15ClN4O2. The van der Waals surface area contributed by atoms with Crippen molar-refractivity contribution in [2.24, 2.45) is 0 Å². The lowest BCUT2D eigenvalue weighted by molar-refractivity contribution is 0.102. The smallest absolute Gasteiger partial charge is 0.257 e. The van der Waals surface area contributed by atoms with Crippen molar-refractivity contribution in [3.05, 3.63) is 88.7 Å². The third-order valence-electron chi connectivity index (χ3n) is 4.47. The van der Waals surface area contributed by atoms with E-state index in [4.69, 9.17) is 21.6 Å². The normalized spacial score (nSPS) is 10.4. The molecule has 4 rings (SSSR count). The molecule has 0 fully saturated rings. The SMILES string of the molecule is Cc1cc(Oc2ncccc2C#N)ccc1NC(=O)c1cc(Cl)cc2cccnc12. The molecule has 0 atom stereocenters. The van der Waals surface area contributed by atoms with Crippen molar-refractivity contribution < 1.29 is 9.53 Å². The van der Waals surface area contributed by atoms with Crippen LogP contribution in [0.2, 0.25) is 5.02 Å². The fourth-order valence-corrected chi connectivity index (χ4v) is 3.25. The van der Waals surface area contributed by atoms with Gasteiger partial charge in [0.25, 0.3) is 5.91 Å². The van der Waals surface area contributed by atoms with Crippen LogP contribution in [-0.4, -0.2) is 15.9 Å². The van der Waals surface area contributed by atoms with Crippen molar-refractivity contribution in [2.45, 2.75) is 6.92 Å². The summed E-state index contributed by atoms with van der Waals surface area (Å²) in [5.74, 6) is 0.428. The summed E-state index contributed by atoms with van der Waals surface area (Å²) in [4.78, 5) is 21.3. The summed E-state index contributed by atoms with van der Waals surface area (Å²) in [6.07, 6.45) is 3.19. The van der Waals surface area contributed by atoms with Gasteiger partial charge in [0.15, 0.2) is 0 Å². The Morgan fingerprint density at radius 3 is 2.70 bits per heavy atom. The molecule has 1 amide bonds. The molecule has 0 aliphatic heterocycles. The highest BCUT2D eigenvalue weighted by molar-refractivity contribution is 6.32. The largest absolute Gasteiger partial charge is 0.438 e. The van der Waals surface area contributed by atoms with E-state index in [1.807, 2.05) is 19.1 Å². The maximum Gasteiger partial charge on any atom is 0.257 e. The van der Waals surface area contributed by atoms with Gasteiger partial charge in [-0.15, -0.1) is 0 Å². The van der Waals surface area contributed by atoms with Crippen molar-refractivity contribution in [1.29, 1.82) is 5.26 Å². The predicted octanol–water partition coefficient (Wildman–Crippen LogP) is 5.51. The highest BCUT2D eigenvalue weighted by Gasteiger charge is 2.14. The first-order chi connectivity index (χ1) is 14.5. The summed E-state index contributed by atoms with van der Waals surface area (Å²) >= 11 is 6.17. The highest BCUT2D eigenvalue weighted by Crippen LogP contribution is 2.28. The zero-order valence-electron chi connectivity index (χ0n) is 15.9. The molecule has 146 valence electrons. The summed E-state index contributed by atoms with van der Waals surface area (Å²) in [6, 6.07) is 17.6. The number of fused-ring (bicyclic) bond motifs is 1. The van der Waals surface area contributed by atoms with Crippen LogP contribution in [0, 0.1) is 18.3 Å². The number of carbonyl (C=O) groups excluding carboxylic acids is 1. The van der Waals surface area contributed by atoms with Crippen LogP contribution in [0.4, 0.5) is 5.69 Å². The van der Waals surface area contributed by atoms with E-state index in [1.165, 1.54) is 0 Å². The average molecular weight is 415 g/mol. The quantitative estimate of drug-likeness (QED) is 0.475. The minimum Gasteiger partial charge on any atom is -0.438 e. The lowest BCUT2D eigenvalue weighted by Gasteiger charge is -2.12. The van der Waals surface area contributed by atoms with Gasteiger partial charge >= 0.3 is 0 Å². The number of amides is 1.